The van der Waals surface area contributed by atoms with E-state index in [9.17, 15) is 15.0 Å². The van der Waals surface area contributed by atoms with Gasteiger partial charge in [0.15, 0.2) is 0 Å². The highest BCUT2D eigenvalue weighted by Crippen LogP contribution is 2.34. The number of ether oxygens (including phenoxy) is 1. The van der Waals surface area contributed by atoms with Crippen LogP contribution in [-0.2, 0) is 4.79 Å². The number of hydrogen-bond donors (Lipinski definition) is 2. The number of aromatic nitrogens is 3. The van der Waals surface area contributed by atoms with Crippen LogP contribution in [0.15, 0.2) is 49.1 Å². The number of nitrogens with zero attached hydrogens (tertiary/aromatic N) is 4. The number of carbonyl (C=O) groups is 1. The lowest BCUT2D eigenvalue weighted by atomic mass is 9.79. The molecular weight excluding hydrogens is 444 g/mol. The van der Waals surface area contributed by atoms with Gasteiger partial charge in [-0.3, -0.25) is 19.7 Å². The maximum absolute atomic E-state index is 11.6. The van der Waals surface area contributed by atoms with Gasteiger partial charge in [0.05, 0.1) is 31.5 Å². The van der Waals surface area contributed by atoms with Crippen molar-refractivity contribution in [2.24, 2.45) is 11.8 Å². The molecule has 8 nitrogen and oxygen atoms in total. The third-order valence-corrected chi connectivity index (χ3v) is 6.65. The molecule has 3 atom stereocenters. The minimum absolute atomic E-state index is 0.0149. The summed E-state index contributed by atoms with van der Waals surface area (Å²) < 4.78 is 5.34. The zero-order valence-corrected chi connectivity index (χ0v) is 19.8. The number of piperidine rings is 1. The molecule has 35 heavy (non-hydrogen) atoms. The summed E-state index contributed by atoms with van der Waals surface area (Å²) in [6, 6.07) is 7.48. The Morgan fingerprint density at radius 3 is 2.89 bits per heavy atom. The highest BCUT2D eigenvalue weighted by Gasteiger charge is 2.31. The lowest BCUT2D eigenvalue weighted by Crippen LogP contribution is -2.41. The number of methoxy groups -OCH3 is 1. The number of aliphatic hydroxyl groups is 1. The molecule has 0 bridgehead atoms. The van der Waals surface area contributed by atoms with Crippen molar-refractivity contribution in [3.05, 3.63) is 60.3 Å². The molecule has 182 valence electrons. The summed E-state index contributed by atoms with van der Waals surface area (Å²) in [6.45, 7) is 2.09. The van der Waals surface area contributed by atoms with Gasteiger partial charge in [0.2, 0.25) is 0 Å². The Bertz CT molecular complexity index is 1210. The van der Waals surface area contributed by atoms with Crippen molar-refractivity contribution in [3.8, 4) is 17.6 Å². The number of aliphatic carboxylic acids is 1. The van der Waals surface area contributed by atoms with Crippen LogP contribution in [0.5, 0.6) is 5.75 Å². The van der Waals surface area contributed by atoms with Gasteiger partial charge in [-0.1, -0.05) is 5.92 Å². The number of aliphatic hydroxyl groups excluding tert-OH is 1. The molecule has 1 saturated heterocycles. The molecule has 1 aliphatic heterocycles. The summed E-state index contributed by atoms with van der Waals surface area (Å²) in [6.07, 6.45) is 8.20. The topological polar surface area (TPSA) is 109 Å². The van der Waals surface area contributed by atoms with Crippen LogP contribution in [0.25, 0.3) is 10.9 Å². The molecule has 4 rings (SSSR count). The highest BCUT2D eigenvalue weighted by molar-refractivity contribution is 5.83. The van der Waals surface area contributed by atoms with Crippen LogP contribution in [-0.4, -0.2) is 62.8 Å². The van der Waals surface area contributed by atoms with E-state index in [0.717, 1.165) is 41.6 Å². The quantitative estimate of drug-likeness (QED) is 0.479. The Kier molecular flexibility index (Phi) is 8.24. The Hall–Kier alpha value is -3.54. The van der Waals surface area contributed by atoms with E-state index >= 15 is 0 Å². The molecule has 1 aliphatic rings. The van der Waals surface area contributed by atoms with E-state index in [1.165, 1.54) is 0 Å². The van der Waals surface area contributed by atoms with Gasteiger partial charge in [-0.2, -0.15) is 0 Å². The fourth-order valence-corrected chi connectivity index (χ4v) is 4.83. The predicted molar refractivity (Wildman–Crippen MR) is 132 cm³/mol. The van der Waals surface area contributed by atoms with Crippen LogP contribution in [0, 0.1) is 23.7 Å². The number of fused-ring (bicyclic) bond motifs is 1. The van der Waals surface area contributed by atoms with E-state index in [2.05, 4.69) is 31.7 Å². The van der Waals surface area contributed by atoms with E-state index in [1.54, 1.807) is 31.9 Å². The van der Waals surface area contributed by atoms with E-state index in [1.807, 2.05) is 24.3 Å². The van der Waals surface area contributed by atoms with Gasteiger partial charge in [-0.05, 0) is 73.4 Å². The van der Waals surface area contributed by atoms with Crippen LogP contribution in [0.4, 0.5) is 0 Å². The molecule has 2 aromatic heterocycles. The average Bonchev–Trinajstić information content (AvgIpc) is 2.87. The van der Waals surface area contributed by atoms with Gasteiger partial charge in [0.25, 0.3) is 0 Å². The fourth-order valence-electron chi connectivity index (χ4n) is 4.83. The number of carboxylic acid groups (broad SMARTS) is 1. The smallest absolute Gasteiger partial charge is 0.303 e. The highest BCUT2D eigenvalue weighted by atomic mass is 16.5. The zero-order valence-electron chi connectivity index (χ0n) is 19.8. The van der Waals surface area contributed by atoms with Crippen molar-refractivity contribution < 1.29 is 19.7 Å². The second-order valence-corrected chi connectivity index (χ2v) is 8.91. The zero-order chi connectivity index (χ0) is 24.6. The number of rotatable bonds is 8. The molecule has 1 fully saturated rings. The van der Waals surface area contributed by atoms with Gasteiger partial charge >= 0.3 is 5.97 Å². The van der Waals surface area contributed by atoms with E-state index in [0.29, 0.717) is 25.2 Å². The van der Waals surface area contributed by atoms with Crippen LogP contribution >= 0.6 is 0 Å². The van der Waals surface area contributed by atoms with Gasteiger partial charge in [0, 0.05) is 36.9 Å². The van der Waals surface area contributed by atoms with Gasteiger partial charge < -0.3 is 14.9 Å². The average molecular weight is 475 g/mol. The second-order valence-electron chi connectivity index (χ2n) is 8.91. The van der Waals surface area contributed by atoms with Gasteiger partial charge in [0.1, 0.15) is 11.4 Å². The number of carboxylic acids is 1. The molecular formula is C27H30N4O4. The molecule has 8 heteroatoms. The minimum atomic E-state index is -0.791. The number of benzene rings is 1. The number of likely N-dealkylation sites (tertiary alicyclic amines) is 1. The van der Waals surface area contributed by atoms with E-state index < -0.39 is 12.1 Å². The first-order valence-corrected chi connectivity index (χ1v) is 11.8. The van der Waals surface area contributed by atoms with Crippen molar-refractivity contribution in [1.29, 1.82) is 0 Å². The summed E-state index contributed by atoms with van der Waals surface area (Å²) in [5.74, 6) is 6.31. The molecule has 3 aromatic rings. The maximum atomic E-state index is 11.6. The Morgan fingerprint density at radius 2 is 2.11 bits per heavy atom. The molecule has 0 aliphatic carbocycles. The molecule has 1 aromatic carbocycles. The first kappa shape index (κ1) is 24.6. The Morgan fingerprint density at radius 1 is 1.23 bits per heavy atom. The first-order chi connectivity index (χ1) is 17.0. The molecule has 2 N–H and O–H groups in total. The molecule has 3 heterocycles. The standard InChI is InChI=1S/C27H30N4O4/c1-35-22-5-6-25-24(16-22)23(8-10-30-25)26(32)7-4-19-9-14-31(18-20(19)15-27(33)34)13-2-3-21-17-28-11-12-29-21/h5-6,8,10-12,16-17,19-20,26,32H,4,7,9,13-15,18H2,1H3,(H,33,34)/t19-,20+,26+/m1/s1. The normalized spacial score (nSPS) is 19.0. The molecule has 0 radical (unpaired) electrons. The maximum Gasteiger partial charge on any atom is 0.303 e. The third kappa shape index (κ3) is 6.53. The fraction of sp³-hybridized carbons (Fsp3) is 0.407. The van der Waals surface area contributed by atoms with E-state index in [-0.39, 0.29) is 18.3 Å². The summed E-state index contributed by atoms with van der Waals surface area (Å²) in [7, 11) is 1.62. The second kappa shape index (κ2) is 11.7. The largest absolute Gasteiger partial charge is 0.497 e. The summed E-state index contributed by atoms with van der Waals surface area (Å²) >= 11 is 0. The summed E-state index contributed by atoms with van der Waals surface area (Å²) in [4.78, 5) is 26.3. The number of pyridine rings is 1. The lowest BCUT2D eigenvalue weighted by molar-refractivity contribution is -0.139. The van der Waals surface area contributed by atoms with Crippen molar-refractivity contribution >= 4 is 16.9 Å². The summed E-state index contributed by atoms with van der Waals surface area (Å²) in [5.41, 5.74) is 2.25. The van der Waals surface area contributed by atoms with Crippen molar-refractivity contribution in [2.75, 3.05) is 26.7 Å². The molecule has 0 unspecified atom stereocenters. The molecule has 0 amide bonds. The van der Waals surface area contributed by atoms with Crippen molar-refractivity contribution in [1.82, 2.24) is 19.9 Å². The molecule has 0 spiro atoms. The van der Waals surface area contributed by atoms with Crippen molar-refractivity contribution in [3.63, 3.8) is 0 Å². The predicted octanol–water partition coefficient (Wildman–Crippen LogP) is 3.31. The number of hydrogen-bond acceptors (Lipinski definition) is 7. The SMILES string of the molecule is COc1ccc2nccc([C@@H](O)CC[C@@H]3CCN(CC#Cc4cnccn4)C[C@@H]3CC(=O)O)c2c1. The first-order valence-electron chi connectivity index (χ1n) is 11.8. The van der Waals surface area contributed by atoms with Crippen LogP contribution < -0.4 is 4.74 Å². The van der Waals surface area contributed by atoms with Crippen molar-refractivity contribution in [2.45, 2.75) is 31.8 Å². The van der Waals surface area contributed by atoms with Gasteiger partial charge in [-0.15, -0.1) is 0 Å². The monoisotopic (exact) mass is 474 g/mol. The lowest BCUT2D eigenvalue weighted by Gasteiger charge is -2.37. The third-order valence-electron chi connectivity index (χ3n) is 6.65. The van der Waals surface area contributed by atoms with E-state index in [4.69, 9.17) is 4.74 Å². The van der Waals surface area contributed by atoms with Crippen LogP contribution in [0.1, 0.15) is 43.0 Å². The van der Waals surface area contributed by atoms with Crippen LogP contribution in [0.2, 0.25) is 0 Å². The van der Waals surface area contributed by atoms with Gasteiger partial charge in [-0.25, -0.2) is 4.98 Å². The molecule has 0 saturated carbocycles. The Labute approximate surface area is 205 Å². The van der Waals surface area contributed by atoms with Crippen LogP contribution in [0.3, 0.4) is 0 Å². The minimum Gasteiger partial charge on any atom is -0.497 e. The Balaban J connectivity index is 1.39. The summed E-state index contributed by atoms with van der Waals surface area (Å²) in [5, 5.41) is 21.4.